The van der Waals surface area contributed by atoms with Crippen LogP contribution in [-0.2, 0) is 13.2 Å². The Labute approximate surface area is 132 Å². The third-order valence-corrected chi connectivity index (χ3v) is 4.47. The Bertz CT molecular complexity index is 557. The monoisotopic (exact) mass is 355 g/mol. The lowest BCUT2D eigenvalue weighted by Crippen LogP contribution is -2.11. The van der Waals surface area contributed by atoms with Crippen molar-refractivity contribution < 1.29 is 9.47 Å². The van der Waals surface area contributed by atoms with Crippen LogP contribution >= 0.6 is 27.3 Å². The number of benzene rings is 1. The van der Waals surface area contributed by atoms with E-state index in [0.29, 0.717) is 6.61 Å². The second-order valence-corrected chi connectivity index (χ2v) is 6.20. The third kappa shape index (κ3) is 4.23. The summed E-state index contributed by atoms with van der Waals surface area (Å²) in [5.41, 5.74) is 1.19. The van der Waals surface area contributed by atoms with Crippen LogP contribution in [0.25, 0.3) is 0 Å². The number of ether oxygens (including phenoxy) is 2. The van der Waals surface area contributed by atoms with E-state index in [0.717, 1.165) is 29.1 Å². The minimum atomic E-state index is 0.555. The molecule has 0 aliphatic heterocycles. The number of hydrogen-bond acceptors (Lipinski definition) is 4. The second-order valence-electron chi connectivity index (χ2n) is 4.29. The standard InChI is InChI=1S/C15H18BrNO2S/c1-3-17-8-11-4-5-14(15(6-11)18-2)19-9-13-7-12(16)10-20-13/h4-7,10,17H,3,8-9H2,1-2H3. The highest BCUT2D eigenvalue weighted by Gasteiger charge is 2.07. The van der Waals surface area contributed by atoms with Gasteiger partial charge in [0.05, 0.1) is 7.11 Å². The topological polar surface area (TPSA) is 30.5 Å². The van der Waals surface area contributed by atoms with Gasteiger partial charge in [-0.25, -0.2) is 0 Å². The normalized spacial score (nSPS) is 10.6. The summed E-state index contributed by atoms with van der Waals surface area (Å²) in [5, 5.41) is 5.35. The summed E-state index contributed by atoms with van der Waals surface area (Å²) in [7, 11) is 1.67. The summed E-state index contributed by atoms with van der Waals surface area (Å²) in [4.78, 5) is 1.18. The van der Waals surface area contributed by atoms with Crippen LogP contribution in [0.3, 0.4) is 0 Å². The number of hydrogen-bond donors (Lipinski definition) is 1. The Morgan fingerprint density at radius 2 is 2.10 bits per heavy atom. The number of methoxy groups -OCH3 is 1. The molecule has 1 heterocycles. The predicted octanol–water partition coefficient (Wildman–Crippen LogP) is 4.21. The first-order valence-corrected chi connectivity index (χ1v) is 8.13. The lowest BCUT2D eigenvalue weighted by atomic mass is 10.2. The van der Waals surface area contributed by atoms with Crippen molar-refractivity contribution in [3.63, 3.8) is 0 Å². The molecule has 5 heteroatoms. The van der Waals surface area contributed by atoms with Crippen LogP contribution in [0, 0.1) is 0 Å². The number of nitrogens with one attached hydrogen (secondary N) is 1. The molecule has 0 unspecified atom stereocenters. The molecule has 2 rings (SSSR count). The third-order valence-electron chi connectivity index (χ3n) is 2.80. The Kier molecular flexibility index (Phi) is 5.88. The van der Waals surface area contributed by atoms with Gasteiger partial charge in [0.2, 0.25) is 0 Å². The number of halogens is 1. The SMILES string of the molecule is CCNCc1ccc(OCc2cc(Br)cs2)c(OC)c1. The Hall–Kier alpha value is -1.04. The summed E-state index contributed by atoms with van der Waals surface area (Å²) < 4.78 is 12.3. The molecule has 0 bridgehead atoms. The maximum Gasteiger partial charge on any atom is 0.161 e. The van der Waals surface area contributed by atoms with Crippen molar-refractivity contribution in [1.29, 1.82) is 0 Å². The molecule has 0 atom stereocenters. The molecule has 1 aromatic heterocycles. The van der Waals surface area contributed by atoms with Gasteiger partial charge in [0.1, 0.15) is 6.61 Å². The quantitative estimate of drug-likeness (QED) is 0.806. The van der Waals surface area contributed by atoms with Gasteiger partial charge in [-0.1, -0.05) is 13.0 Å². The highest BCUT2D eigenvalue weighted by molar-refractivity contribution is 9.10. The van der Waals surface area contributed by atoms with Crippen LogP contribution in [0.2, 0.25) is 0 Å². The van der Waals surface area contributed by atoms with Gasteiger partial charge in [0, 0.05) is 21.3 Å². The van der Waals surface area contributed by atoms with Crippen molar-refractivity contribution >= 4 is 27.3 Å². The van der Waals surface area contributed by atoms with E-state index in [2.05, 4.69) is 45.7 Å². The molecule has 0 radical (unpaired) electrons. The van der Waals surface area contributed by atoms with E-state index in [1.165, 1.54) is 10.4 Å². The Morgan fingerprint density at radius 1 is 1.25 bits per heavy atom. The lowest BCUT2D eigenvalue weighted by molar-refractivity contribution is 0.287. The average molecular weight is 356 g/mol. The van der Waals surface area contributed by atoms with E-state index in [-0.39, 0.29) is 0 Å². The van der Waals surface area contributed by atoms with Gasteiger partial charge >= 0.3 is 0 Å². The fourth-order valence-corrected chi connectivity index (χ4v) is 3.15. The van der Waals surface area contributed by atoms with E-state index in [1.54, 1.807) is 18.4 Å². The summed E-state index contributed by atoms with van der Waals surface area (Å²) in [6, 6.07) is 8.11. The highest BCUT2D eigenvalue weighted by atomic mass is 79.9. The fourth-order valence-electron chi connectivity index (χ4n) is 1.79. The zero-order valence-electron chi connectivity index (χ0n) is 11.6. The van der Waals surface area contributed by atoms with E-state index in [9.17, 15) is 0 Å². The first kappa shape index (κ1) is 15.4. The molecule has 20 heavy (non-hydrogen) atoms. The van der Waals surface area contributed by atoms with Gasteiger partial charge in [0.25, 0.3) is 0 Å². The zero-order valence-corrected chi connectivity index (χ0v) is 14.0. The van der Waals surface area contributed by atoms with E-state index < -0.39 is 0 Å². The van der Waals surface area contributed by atoms with Gasteiger partial charge < -0.3 is 14.8 Å². The smallest absolute Gasteiger partial charge is 0.161 e. The van der Waals surface area contributed by atoms with Crippen LogP contribution < -0.4 is 14.8 Å². The van der Waals surface area contributed by atoms with Gasteiger partial charge in [-0.2, -0.15) is 0 Å². The van der Waals surface area contributed by atoms with E-state index in [1.807, 2.05) is 12.1 Å². The van der Waals surface area contributed by atoms with Gasteiger partial charge in [-0.3, -0.25) is 0 Å². The van der Waals surface area contributed by atoms with E-state index >= 15 is 0 Å². The minimum absolute atomic E-state index is 0.555. The molecule has 1 aromatic carbocycles. The largest absolute Gasteiger partial charge is 0.493 e. The van der Waals surface area contributed by atoms with Crippen LogP contribution in [0.1, 0.15) is 17.4 Å². The molecule has 2 aromatic rings. The molecule has 0 aliphatic carbocycles. The summed E-state index contributed by atoms with van der Waals surface area (Å²) in [5.74, 6) is 1.55. The lowest BCUT2D eigenvalue weighted by Gasteiger charge is -2.12. The Morgan fingerprint density at radius 3 is 2.75 bits per heavy atom. The molecule has 3 nitrogen and oxygen atoms in total. The van der Waals surface area contributed by atoms with Gasteiger partial charge in [-0.15, -0.1) is 11.3 Å². The number of thiophene rings is 1. The van der Waals surface area contributed by atoms with Crippen LogP contribution in [0.5, 0.6) is 11.5 Å². The zero-order chi connectivity index (χ0) is 14.4. The maximum atomic E-state index is 5.83. The van der Waals surface area contributed by atoms with Crippen LogP contribution in [0.4, 0.5) is 0 Å². The van der Waals surface area contributed by atoms with Gasteiger partial charge in [0.15, 0.2) is 11.5 Å². The Balaban J connectivity index is 2.03. The molecule has 0 spiro atoms. The predicted molar refractivity (Wildman–Crippen MR) is 86.7 cm³/mol. The van der Waals surface area contributed by atoms with Crippen molar-refractivity contribution in [2.45, 2.75) is 20.1 Å². The number of rotatable bonds is 7. The first-order valence-electron chi connectivity index (χ1n) is 6.46. The average Bonchev–Trinajstić information content (AvgIpc) is 2.88. The molecule has 0 fully saturated rings. The highest BCUT2D eigenvalue weighted by Crippen LogP contribution is 2.30. The fraction of sp³-hybridized carbons (Fsp3) is 0.333. The van der Waals surface area contributed by atoms with Crippen molar-refractivity contribution in [3.05, 3.63) is 44.6 Å². The molecular weight excluding hydrogens is 338 g/mol. The van der Waals surface area contributed by atoms with E-state index in [4.69, 9.17) is 9.47 Å². The van der Waals surface area contributed by atoms with Gasteiger partial charge in [-0.05, 0) is 46.2 Å². The van der Waals surface area contributed by atoms with Crippen molar-refractivity contribution in [3.8, 4) is 11.5 Å². The molecule has 1 N–H and O–H groups in total. The molecule has 0 saturated heterocycles. The minimum Gasteiger partial charge on any atom is -0.493 e. The molecule has 108 valence electrons. The summed E-state index contributed by atoms with van der Waals surface area (Å²) in [6.45, 7) is 4.44. The molecule has 0 saturated carbocycles. The van der Waals surface area contributed by atoms with Crippen molar-refractivity contribution in [2.24, 2.45) is 0 Å². The second kappa shape index (κ2) is 7.67. The molecule has 0 amide bonds. The van der Waals surface area contributed by atoms with Crippen molar-refractivity contribution in [1.82, 2.24) is 5.32 Å². The van der Waals surface area contributed by atoms with Crippen LogP contribution in [0.15, 0.2) is 34.1 Å². The maximum absolute atomic E-state index is 5.83. The van der Waals surface area contributed by atoms with Crippen molar-refractivity contribution in [2.75, 3.05) is 13.7 Å². The summed E-state index contributed by atoms with van der Waals surface area (Å²) >= 11 is 5.12. The summed E-state index contributed by atoms with van der Waals surface area (Å²) in [6.07, 6.45) is 0. The first-order chi connectivity index (χ1) is 9.72. The molecular formula is C15H18BrNO2S. The molecule has 0 aliphatic rings. The van der Waals surface area contributed by atoms with Crippen LogP contribution in [-0.4, -0.2) is 13.7 Å².